The molecule has 2 radical (unpaired) electrons. The number of hydrogen-bond donors (Lipinski definition) is 2. The highest BCUT2D eigenvalue weighted by Crippen LogP contribution is 1.97. The molecule has 0 aliphatic rings. The van der Waals surface area contributed by atoms with Gasteiger partial charge in [0.2, 0.25) is 0 Å². The lowest BCUT2D eigenvalue weighted by atomic mass is 9.97. The standard InChI is InChI=1S/C5H10BNO/c1-4(3-6)5(8)7-2/h5,7-8H,1,3H2,2H3. The molecule has 0 aromatic carbocycles. The summed E-state index contributed by atoms with van der Waals surface area (Å²) in [5.41, 5.74) is 0.604. The predicted molar refractivity (Wildman–Crippen MR) is 34.8 cm³/mol. The predicted octanol–water partition coefficient (Wildman–Crippen LogP) is -0.333. The highest BCUT2D eigenvalue weighted by molar-refractivity contribution is 6.10. The van der Waals surface area contributed by atoms with Crippen LogP contribution in [0, 0.1) is 0 Å². The Balaban J connectivity index is 3.46. The van der Waals surface area contributed by atoms with E-state index in [1.807, 2.05) is 0 Å². The van der Waals surface area contributed by atoms with Crippen molar-refractivity contribution in [3.8, 4) is 0 Å². The number of likely N-dealkylation sites (N-methyl/N-ethyl adjacent to an activating group) is 1. The highest BCUT2D eigenvalue weighted by Gasteiger charge is 1.99. The van der Waals surface area contributed by atoms with Crippen molar-refractivity contribution in [2.45, 2.75) is 12.5 Å². The van der Waals surface area contributed by atoms with Crippen LogP contribution in [0.4, 0.5) is 0 Å². The average Bonchev–Trinajstić information content (AvgIpc) is 1.84. The van der Waals surface area contributed by atoms with Crippen LogP contribution in [0.2, 0.25) is 6.32 Å². The SMILES string of the molecule is [B]CC(=C)C(O)NC. The molecule has 3 heteroatoms. The van der Waals surface area contributed by atoms with E-state index in [9.17, 15) is 0 Å². The molecule has 0 saturated heterocycles. The maximum absolute atomic E-state index is 8.84. The van der Waals surface area contributed by atoms with Crippen LogP contribution in [0.5, 0.6) is 0 Å². The van der Waals surface area contributed by atoms with Gasteiger partial charge in [0, 0.05) is 0 Å². The first-order valence-electron chi connectivity index (χ1n) is 2.45. The first kappa shape index (κ1) is 7.72. The molecule has 0 aliphatic carbocycles. The Morgan fingerprint density at radius 3 is 2.62 bits per heavy atom. The maximum atomic E-state index is 8.84. The topological polar surface area (TPSA) is 32.3 Å². The number of rotatable bonds is 3. The van der Waals surface area contributed by atoms with E-state index in [0.717, 1.165) is 0 Å². The maximum Gasteiger partial charge on any atom is 0.125 e. The Kier molecular flexibility index (Phi) is 3.57. The van der Waals surface area contributed by atoms with Gasteiger partial charge in [-0.25, -0.2) is 0 Å². The summed E-state index contributed by atoms with van der Waals surface area (Å²) >= 11 is 0. The van der Waals surface area contributed by atoms with Crippen LogP contribution in [-0.4, -0.2) is 26.2 Å². The van der Waals surface area contributed by atoms with Gasteiger partial charge < -0.3 is 5.11 Å². The summed E-state index contributed by atoms with van der Waals surface area (Å²) in [6.07, 6.45) is -0.331. The molecule has 0 rings (SSSR count). The Hall–Kier alpha value is -0.275. The van der Waals surface area contributed by atoms with Gasteiger partial charge in [-0.2, -0.15) is 0 Å². The van der Waals surface area contributed by atoms with Crippen molar-refractivity contribution in [3.05, 3.63) is 12.2 Å². The lowest BCUT2D eigenvalue weighted by Gasteiger charge is -2.09. The largest absolute Gasteiger partial charge is 0.375 e. The number of hydrogen-bond acceptors (Lipinski definition) is 2. The zero-order valence-corrected chi connectivity index (χ0v) is 5.02. The van der Waals surface area contributed by atoms with E-state index in [0.29, 0.717) is 11.9 Å². The average molecular weight is 111 g/mol. The summed E-state index contributed by atoms with van der Waals surface area (Å²) in [4.78, 5) is 0. The van der Waals surface area contributed by atoms with Crippen LogP contribution in [0.1, 0.15) is 0 Å². The van der Waals surface area contributed by atoms with Gasteiger partial charge in [-0.3, -0.25) is 5.32 Å². The Morgan fingerprint density at radius 2 is 2.50 bits per heavy atom. The minimum atomic E-state index is -0.653. The van der Waals surface area contributed by atoms with Gasteiger partial charge in [-0.05, 0) is 12.6 Å². The van der Waals surface area contributed by atoms with Crippen LogP contribution in [-0.2, 0) is 0 Å². The molecular formula is C5H10BNO. The normalized spacial score (nSPS) is 13.2. The van der Waals surface area contributed by atoms with Crippen LogP contribution < -0.4 is 5.32 Å². The van der Waals surface area contributed by atoms with Crippen LogP contribution >= 0.6 is 0 Å². The molecule has 1 atom stereocenters. The van der Waals surface area contributed by atoms with E-state index >= 15 is 0 Å². The molecule has 0 heterocycles. The van der Waals surface area contributed by atoms with Gasteiger partial charge in [-0.15, -0.1) is 0 Å². The molecule has 0 spiro atoms. The number of nitrogens with one attached hydrogen (secondary N) is 1. The molecular weight excluding hydrogens is 101 g/mol. The molecule has 2 nitrogen and oxygen atoms in total. The molecule has 2 N–H and O–H groups in total. The minimum absolute atomic E-state index is 0.321. The molecule has 0 saturated carbocycles. The summed E-state index contributed by atoms with van der Waals surface area (Å²) < 4.78 is 0. The third-order valence-corrected chi connectivity index (χ3v) is 0.922. The highest BCUT2D eigenvalue weighted by atomic mass is 16.3. The number of aliphatic hydroxyl groups is 1. The van der Waals surface area contributed by atoms with E-state index < -0.39 is 6.23 Å². The third-order valence-electron chi connectivity index (χ3n) is 0.922. The van der Waals surface area contributed by atoms with E-state index in [1.165, 1.54) is 0 Å². The van der Waals surface area contributed by atoms with E-state index in [2.05, 4.69) is 11.9 Å². The molecule has 0 aromatic rings. The summed E-state index contributed by atoms with van der Waals surface area (Å²) in [7, 11) is 6.79. The van der Waals surface area contributed by atoms with Gasteiger partial charge in [-0.1, -0.05) is 12.9 Å². The Labute approximate surface area is 51.0 Å². The fourth-order valence-corrected chi connectivity index (χ4v) is 0.316. The molecule has 0 aliphatic heterocycles. The van der Waals surface area contributed by atoms with Gasteiger partial charge in [0.05, 0.1) is 7.85 Å². The van der Waals surface area contributed by atoms with Crippen molar-refractivity contribution in [2.24, 2.45) is 0 Å². The molecule has 8 heavy (non-hydrogen) atoms. The Morgan fingerprint density at radius 1 is 2.00 bits per heavy atom. The first-order chi connectivity index (χ1) is 3.72. The monoisotopic (exact) mass is 111 g/mol. The second kappa shape index (κ2) is 3.69. The zero-order valence-electron chi connectivity index (χ0n) is 5.02. The summed E-state index contributed by atoms with van der Waals surface area (Å²) in [6, 6.07) is 0. The smallest absolute Gasteiger partial charge is 0.125 e. The van der Waals surface area contributed by atoms with Crippen LogP contribution in [0.3, 0.4) is 0 Å². The van der Waals surface area contributed by atoms with Crippen LogP contribution in [0.25, 0.3) is 0 Å². The third kappa shape index (κ3) is 2.14. The van der Waals surface area contributed by atoms with Gasteiger partial charge >= 0.3 is 0 Å². The van der Waals surface area contributed by atoms with Gasteiger partial charge in [0.1, 0.15) is 6.23 Å². The lowest BCUT2D eigenvalue weighted by Crippen LogP contribution is -2.25. The van der Waals surface area contributed by atoms with Gasteiger partial charge in [0.15, 0.2) is 0 Å². The summed E-state index contributed by atoms with van der Waals surface area (Å²) in [5.74, 6) is 0. The minimum Gasteiger partial charge on any atom is -0.375 e. The Bertz CT molecular complexity index is 84.5. The van der Waals surface area contributed by atoms with Crippen molar-refractivity contribution < 1.29 is 5.11 Å². The molecule has 0 amide bonds. The van der Waals surface area contributed by atoms with Crippen molar-refractivity contribution in [1.82, 2.24) is 5.32 Å². The quantitative estimate of drug-likeness (QED) is 0.297. The summed E-state index contributed by atoms with van der Waals surface area (Å²) in [5, 5.41) is 11.4. The van der Waals surface area contributed by atoms with E-state index in [1.54, 1.807) is 7.05 Å². The molecule has 0 fully saturated rings. The van der Waals surface area contributed by atoms with E-state index in [-0.39, 0.29) is 0 Å². The van der Waals surface area contributed by atoms with E-state index in [4.69, 9.17) is 13.0 Å². The van der Waals surface area contributed by atoms with Crippen molar-refractivity contribution >= 4 is 7.85 Å². The second-order valence-electron chi connectivity index (χ2n) is 1.55. The fourth-order valence-electron chi connectivity index (χ4n) is 0.316. The first-order valence-corrected chi connectivity index (χ1v) is 2.45. The molecule has 1 unspecified atom stereocenters. The van der Waals surface area contributed by atoms with Gasteiger partial charge in [0.25, 0.3) is 0 Å². The lowest BCUT2D eigenvalue weighted by molar-refractivity contribution is 0.183. The fraction of sp³-hybridized carbons (Fsp3) is 0.600. The van der Waals surface area contributed by atoms with Crippen LogP contribution in [0.15, 0.2) is 12.2 Å². The molecule has 0 bridgehead atoms. The second-order valence-corrected chi connectivity index (χ2v) is 1.55. The number of aliphatic hydroxyl groups excluding tert-OH is 1. The summed E-state index contributed by atoms with van der Waals surface area (Å²) in [6.45, 7) is 3.51. The molecule has 0 aromatic heterocycles. The molecule has 44 valence electrons. The van der Waals surface area contributed by atoms with Crippen molar-refractivity contribution in [1.29, 1.82) is 0 Å². The zero-order chi connectivity index (χ0) is 6.57. The van der Waals surface area contributed by atoms with Crippen molar-refractivity contribution in [2.75, 3.05) is 7.05 Å². The van der Waals surface area contributed by atoms with Crippen molar-refractivity contribution in [3.63, 3.8) is 0 Å².